The molecule has 0 fully saturated rings. The van der Waals surface area contributed by atoms with Crippen LogP contribution in [0.3, 0.4) is 0 Å². The van der Waals surface area contributed by atoms with E-state index < -0.39 is 9.05 Å². The van der Waals surface area contributed by atoms with Gasteiger partial charge >= 0.3 is 0 Å². The van der Waals surface area contributed by atoms with Crippen LogP contribution in [0.25, 0.3) is 0 Å². The van der Waals surface area contributed by atoms with E-state index in [-0.39, 0.29) is 5.03 Å². The van der Waals surface area contributed by atoms with Crippen molar-refractivity contribution >= 4 is 19.7 Å². The van der Waals surface area contributed by atoms with E-state index in [1.807, 2.05) is 19.9 Å². The van der Waals surface area contributed by atoms with E-state index in [1.165, 1.54) is 11.8 Å². The van der Waals surface area contributed by atoms with E-state index in [2.05, 4.69) is 4.98 Å². The van der Waals surface area contributed by atoms with Gasteiger partial charge in [0, 0.05) is 23.4 Å². The molecular weight excluding hydrogens is 236 g/mol. The van der Waals surface area contributed by atoms with Crippen molar-refractivity contribution in [3.8, 4) is 0 Å². The van der Waals surface area contributed by atoms with E-state index >= 15 is 0 Å². The van der Waals surface area contributed by atoms with Crippen molar-refractivity contribution in [1.29, 1.82) is 0 Å². The third kappa shape index (κ3) is 3.35. The molecule has 0 amide bonds. The number of allylic oxidation sites excluding steroid dienone is 2. The molecule has 0 saturated carbocycles. The van der Waals surface area contributed by atoms with E-state index in [9.17, 15) is 8.42 Å². The van der Waals surface area contributed by atoms with E-state index in [0.717, 1.165) is 0 Å². The van der Waals surface area contributed by atoms with Crippen LogP contribution in [0.4, 0.5) is 0 Å². The summed E-state index contributed by atoms with van der Waals surface area (Å²) in [7, 11) is 1.46. The largest absolute Gasteiger partial charge is 0.330 e. The summed E-state index contributed by atoms with van der Waals surface area (Å²) in [4.78, 5) is 3.87. The molecule has 4 nitrogen and oxygen atoms in total. The molecule has 0 saturated heterocycles. The maximum atomic E-state index is 11.0. The average molecular weight is 249 g/mol. The fourth-order valence-electron chi connectivity index (χ4n) is 1.06. The summed E-state index contributed by atoms with van der Waals surface area (Å²) in [6.45, 7) is 6.30. The Morgan fingerprint density at radius 2 is 2.20 bits per heavy atom. The number of halogens is 1. The molecule has 1 rings (SSSR count). The number of nitrogens with zero attached hydrogens (tertiary/aromatic N) is 2. The van der Waals surface area contributed by atoms with Gasteiger partial charge in [0.1, 0.15) is 5.82 Å². The van der Waals surface area contributed by atoms with Gasteiger partial charge < -0.3 is 4.57 Å². The Bertz CT molecular complexity index is 484. The van der Waals surface area contributed by atoms with Crippen molar-refractivity contribution in [2.75, 3.05) is 0 Å². The fourth-order valence-corrected chi connectivity index (χ4v) is 1.78. The second-order valence-corrected chi connectivity index (χ2v) is 6.01. The SMILES string of the molecule is CC(C)=CCn1cc(S(=O)(=O)Cl)nc1C. The number of rotatable bonds is 3. The van der Waals surface area contributed by atoms with Crippen molar-refractivity contribution in [2.45, 2.75) is 32.3 Å². The first-order valence-electron chi connectivity index (χ1n) is 4.42. The highest BCUT2D eigenvalue weighted by molar-refractivity contribution is 8.13. The second-order valence-electron chi connectivity index (χ2n) is 3.50. The number of hydrogen-bond acceptors (Lipinski definition) is 3. The van der Waals surface area contributed by atoms with Crippen LogP contribution >= 0.6 is 10.7 Å². The van der Waals surface area contributed by atoms with Gasteiger partial charge in [0.2, 0.25) is 0 Å². The number of imidazole rings is 1. The Labute approximate surface area is 94.0 Å². The van der Waals surface area contributed by atoms with Crippen LogP contribution < -0.4 is 0 Å². The molecule has 0 unspecified atom stereocenters. The minimum absolute atomic E-state index is 0.0937. The first-order valence-corrected chi connectivity index (χ1v) is 6.73. The zero-order chi connectivity index (χ0) is 11.6. The molecule has 0 radical (unpaired) electrons. The van der Waals surface area contributed by atoms with E-state index in [1.54, 1.807) is 11.5 Å². The molecule has 0 N–H and O–H groups in total. The molecule has 1 aromatic rings. The van der Waals surface area contributed by atoms with Crippen LogP contribution in [0.2, 0.25) is 0 Å². The van der Waals surface area contributed by atoms with Gasteiger partial charge in [0.15, 0.2) is 5.03 Å². The van der Waals surface area contributed by atoms with E-state index in [4.69, 9.17) is 10.7 Å². The molecule has 0 aliphatic rings. The maximum absolute atomic E-state index is 11.0. The van der Waals surface area contributed by atoms with E-state index in [0.29, 0.717) is 12.4 Å². The number of aromatic nitrogens is 2. The molecule has 0 aliphatic heterocycles. The molecule has 6 heteroatoms. The standard InChI is InChI=1S/C9H13ClN2O2S/c1-7(2)4-5-12-6-9(11-8(12)3)15(10,13)14/h4,6H,5H2,1-3H3. The third-order valence-corrected chi connectivity index (χ3v) is 3.07. The number of aryl methyl sites for hydroxylation is 1. The fraction of sp³-hybridized carbons (Fsp3) is 0.444. The monoisotopic (exact) mass is 248 g/mol. The highest BCUT2D eigenvalue weighted by Gasteiger charge is 2.15. The van der Waals surface area contributed by atoms with Crippen LogP contribution in [0.1, 0.15) is 19.7 Å². The summed E-state index contributed by atoms with van der Waals surface area (Å²) < 4.78 is 23.8. The molecule has 0 atom stereocenters. The van der Waals surface area contributed by atoms with Gasteiger partial charge in [-0.15, -0.1) is 0 Å². The minimum Gasteiger partial charge on any atom is -0.330 e. The molecule has 84 valence electrons. The molecule has 0 bridgehead atoms. The predicted molar refractivity (Wildman–Crippen MR) is 59.4 cm³/mol. The molecular formula is C9H13ClN2O2S. The second kappa shape index (κ2) is 4.37. The topological polar surface area (TPSA) is 52.0 Å². The van der Waals surface area contributed by atoms with Gasteiger partial charge in [0.25, 0.3) is 9.05 Å². The Balaban J connectivity index is 3.03. The van der Waals surface area contributed by atoms with Crippen LogP contribution in [0.5, 0.6) is 0 Å². The third-order valence-electron chi connectivity index (χ3n) is 1.90. The lowest BCUT2D eigenvalue weighted by Crippen LogP contribution is -1.96. The summed E-state index contributed by atoms with van der Waals surface area (Å²) in [5, 5.41) is -0.0937. The van der Waals surface area contributed by atoms with Crippen molar-refractivity contribution in [3.05, 3.63) is 23.7 Å². The molecule has 15 heavy (non-hydrogen) atoms. The summed E-state index contributed by atoms with van der Waals surface area (Å²) in [5.74, 6) is 0.631. The molecule has 1 heterocycles. The lowest BCUT2D eigenvalue weighted by Gasteiger charge is -1.99. The van der Waals surface area contributed by atoms with Crippen LogP contribution in [-0.2, 0) is 15.6 Å². The zero-order valence-electron chi connectivity index (χ0n) is 8.86. The quantitative estimate of drug-likeness (QED) is 0.608. The van der Waals surface area contributed by atoms with Crippen LogP contribution in [0.15, 0.2) is 22.9 Å². The summed E-state index contributed by atoms with van der Waals surface area (Å²) in [6, 6.07) is 0. The van der Waals surface area contributed by atoms with Crippen molar-refractivity contribution < 1.29 is 8.42 Å². The first-order chi connectivity index (χ1) is 6.80. The van der Waals surface area contributed by atoms with Gasteiger partial charge in [-0.3, -0.25) is 0 Å². The molecule has 0 aromatic carbocycles. The Morgan fingerprint density at radius 3 is 2.60 bits per heavy atom. The van der Waals surface area contributed by atoms with Gasteiger partial charge in [-0.2, -0.15) is 0 Å². The van der Waals surface area contributed by atoms with Gasteiger partial charge in [-0.25, -0.2) is 13.4 Å². The normalized spacial score (nSPS) is 11.5. The summed E-state index contributed by atoms with van der Waals surface area (Å²) in [5.41, 5.74) is 1.17. The van der Waals surface area contributed by atoms with Gasteiger partial charge in [0.05, 0.1) is 0 Å². The van der Waals surface area contributed by atoms with Gasteiger partial charge in [-0.1, -0.05) is 11.6 Å². The highest BCUT2D eigenvalue weighted by Crippen LogP contribution is 2.14. The lowest BCUT2D eigenvalue weighted by atomic mass is 10.3. The molecule has 0 aliphatic carbocycles. The van der Waals surface area contributed by atoms with Crippen molar-refractivity contribution in [3.63, 3.8) is 0 Å². The highest BCUT2D eigenvalue weighted by atomic mass is 35.7. The minimum atomic E-state index is -3.72. The molecule has 1 aromatic heterocycles. The Morgan fingerprint density at radius 1 is 1.60 bits per heavy atom. The predicted octanol–water partition coefficient (Wildman–Crippen LogP) is 2.09. The van der Waals surface area contributed by atoms with Crippen molar-refractivity contribution in [2.24, 2.45) is 0 Å². The molecule has 0 spiro atoms. The Hall–Kier alpha value is -0.810. The van der Waals surface area contributed by atoms with Gasteiger partial charge in [-0.05, 0) is 20.8 Å². The maximum Gasteiger partial charge on any atom is 0.280 e. The first kappa shape index (κ1) is 12.3. The van der Waals surface area contributed by atoms with Crippen molar-refractivity contribution in [1.82, 2.24) is 9.55 Å². The zero-order valence-corrected chi connectivity index (χ0v) is 10.4. The summed E-state index contributed by atoms with van der Waals surface area (Å²) >= 11 is 0. The van der Waals surface area contributed by atoms with Crippen LogP contribution in [-0.4, -0.2) is 18.0 Å². The average Bonchev–Trinajstić information content (AvgIpc) is 2.42. The number of hydrogen-bond donors (Lipinski definition) is 0. The lowest BCUT2D eigenvalue weighted by molar-refractivity contribution is 0.606. The van der Waals surface area contributed by atoms with Crippen LogP contribution in [0, 0.1) is 6.92 Å². The summed E-state index contributed by atoms with van der Waals surface area (Å²) in [6.07, 6.45) is 3.43. The smallest absolute Gasteiger partial charge is 0.280 e. The Kier molecular flexibility index (Phi) is 3.57.